The number of benzene rings is 2. The first-order valence-corrected chi connectivity index (χ1v) is 7.09. The van der Waals surface area contributed by atoms with E-state index in [0.717, 1.165) is 10.0 Å². The number of hydrogen-bond donors (Lipinski definition) is 1. The molecule has 3 heteroatoms. The molecule has 0 aliphatic carbocycles. The summed E-state index contributed by atoms with van der Waals surface area (Å²) in [6.07, 6.45) is 0. The molecule has 1 N–H and O–H groups in total. The average molecular weight is 322 g/mol. The fourth-order valence-corrected chi connectivity index (χ4v) is 2.33. The van der Waals surface area contributed by atoms with Crippen LogP contribution in [0.3, 0.4) is 0 Å². The van der Waals surface area contributed by atoms with Gasteiger partial charge in [-0.25, -0.2) is 4.39 Å². The van der Waals surface area contributed by atoms with Crippen LogP contribution in [0.1, 0.15) is 29.7 Å². The van der Waals surface area contributed by atoms with Gasteiger partial charge in [0.1, 0.15) is 5.82 Å². The van der Waals surface area contributed by atoms with Crippen LogP contribution < -0.4 is 5.32 Å². The quantitative estimate of drug-likeness (QED) is 0.857. The van der Waals surface area contributed by atoms with Gasteiger partial charge in [-0.05, 0) is 48.7 Å². The van der Waals surface area contributed by atoms with E-state index in [1.807, 2.05) is 24.3 Å². The molecular weight excluding hydrogens is 305 g/mol. The Morgan fingerprint density at radius 1 is 1.21 bits per heavy atom. The summed E-state index contributed by atoms with van der Waals surface area (Å²) in [7, 11) is 0. The molecule has 0 bridgehead atoms. The molecule has 0 aliphatic heterocycles. The van der Waals surface area contributed by atoms with E-state index >= 15 is 0 Å². The molecule has 19 heavy (non-hydrogen) atoms. The Labute approximate surface area is 122 Å². The van der Waals surface area contributed by atoms with Gasteiger partial charge in [-0.15, -0.1) is 0 Å². The minimum absolute atomic E-state index is 0.144. The van der Waals surface area contributed by atoms with E-state index in [1.165, 1.54) is 5.56 Å². The van der Waals surface area contributed by atoms with Crippen LogP contribution in [-0.4, -0.2) is 0 Å². The van der Waals surface area contributed by atoms with Crippen LogP contribution in [0.2, 0.25) is 0 Å². The number of hydrogen-bond acceptors (Lipinski definition) is 1. The number of aryl methyl sites for hydroxylation is 1. The van der Waals surface area contributed by atoms with Crippen molar-refractivity contribution in [3.05, 3.63) is 69.4 Å². The minimum atomic E-state index is -0.144. The predicted molar refractivity (Wildman–Crippen MR) is 80.5 cm³/mol. The molecule has 0 aromatic heterocycles. The summed E-state index contributed by atoms with van der Waals surface area (Å²) in [5, 5.41) is 3.40. The average Bonchev–Trinajstić information content (AvgIpc) is 2.40. The van der Waals surface area contributed by atoms with Gasteiger partial charge >= 0.3 is 0 Å². The lowest BCUT2D eigenvalue weighted by Gasteiger charge is -2.15. The lowest BCUT2D eigenvalue weighted by molar-refractivity contribution is 0.568. The highest BCUT2D eigenvalue weighted by atomic mass is 79.9. The lowest BCUT2D eigenvalue weighted by Crippen LogP contribution is -2.18. The summed E-state index contributed by atoms with van der Waals surface area (Å²) in [5.74, 6) is -0.144. The van der Waals surface area contributed by atoms with Crippen molar-refractivity contribution < 1.29 is 4.39 Å². The van der Waals surface area contributed by atoms with Crippen molar-refractivity contribution >= 4 is 15.9 Å². The lowest BCUT2D eigenvalue weighted by atomic mass is 10.1. The van der Waals surface area contributed by atoms with Gasteiger partial charge in [-0.1, -0.05) is 40.2 Å². The highest BCUT2D eigenvalue weighted by molar-refractivity contribution is 9.10. The van der Waals surface area contributed by atoms with Crippen molar-refractivity contribution in [2.45, 2.75) is 26.4 Å². The van der Waals surface area contributed by atoms with E-state index < -0.39 is 0 Å². The summed E-state index contributed by atoms with van der Waals surface area (Å²) >= 11 is 3.47. The second-order valence-electron chi connectivity index (χ2n) is 4.74. The molecule has 2 rings (SSSR count). The van der Waals surface area contributed by atoms with Crippen LogP contribution in [0, 0.1) is 12.7 Å². The highest BCUT2D eigenvalue weighted by Crippen LogP contribution is 2.18. The van der Waals surface area contributed by atoms with E-state index in [4.69, 9.17) is 0 Å². The van der Waals surface area contributed by atoms with Crippen LogP contribution in [0.4, 0.5) is 4.39 Å². The summed E-state index contributed by atoms with van der Waals surface area (Å²) in [4.78, 5) is 0. The van der Waals surface area contributed by atoms with E-state index in [1.54, 1.807) is 13.0 Å². The molecule has 0 amide bonds. The molecule has 2 aromatic carbocycles. The second-order valence-corrected chi connectivity index (χ2v) is 5.66. The largest absolute Gasteiger partial charge is 0.306 e. The third kappa shape index (κ3) is 3.88. The Kier molecular flexibility index (Phi) is 4.72. The summed E-state index contributed by atoms with van der Waals surface area (Å²) in [6, 6.07) is 13.8. The van der Waals surface area contributed by atoms with E-state index in [2.05, 4.69) is 40.3 Å². The zero-order valence-electron chi connectivity index (χ0n) is 11.1. The molecule has 0 saturated carbocycles. The maximum absolute atomic E-state index is 13.4. The smallest absolute Gasteiger partial charge is 0.126 e. The van der Waals surface area contributed by atoms with Crippen LogP contribution in [0.25, 0.3) is 0 Å². The fourth-order valence-electron chi connectivity index (χ4n) is 1.91. The fraction of sp³-hybridized carbons (Fsp3) is 0.250. The third-order valence-corrected chi connectivity index (χ3v) is 3.69. The van der Waals surface area contributed by atoms with Gasteiger partial charge in [0.2, 0.25) is 0 Å². The van der Waals surface area contributed by atoms with Crippen molar-refractivity contribution in [2.24, 2.45) is 0 Å². The standard InChI is InChI=1S/C16H17BrFN/c1-11-6-7-13(8-16(11)18)10-19-12(2)14-4-3-5-15(17)9-14/h3-9,12,19H,10H2,1-2H3/t12-/m1/s1. The molecule has 0 saturated heterocycles. The summed E-state index contributed by atoms with van der Waals surface area (Å²) < 4.78 is 14.5. The van der Waals surface area contributed by atoms with E-state index in [0.29, 0.717) is 12.1 Å². The molecule has 0 spiro atoms. The SMILES string of the molecule is Cc1ccc(CN[C@H](C)c2cccc(Br)c2)cc1F. The maximum Gasteiger partial charge on any atom is 0.126 e. The predicted octanol–water partition coefficient (Wildman–Crippen LogP) is 4.75. The van der Waals surface area contributed by atoms with Gasteiger partial charge in [0, 0.05) is 17.1 Å². The molecule has 0 heterocycles. The first kappa shape index (κ1) is 14.2. The van der Waals surface area contributed by atoms with Gasteiger partial charge in [-0.2, -0.15) is 0 Å². The molecule has 0 aliphatic rings. The Bertz CT molecular complexity index is 568. The van der Waals surface area contributed by atoms with Gasteiger partial charge in [0.15, 0.2) is 0 Å². The second kappa shape index (κ2) is 6.31. The first-order chi connectivity index (χ1) is 9.06. The monoisotopic (exact) mass is 321 g/mol. The number of nitrogens with one attached hydrogen (secondary N) is 1. The zero-order valence-corrected chi connectivity index (χ0v) is 12.7. The van der Waals surface area contributed by atoms with Crippen molar-refractivity contribution in [3.8, 4) is 0 Å². The van der Waals surface area contributed by atoms with Crippen molar-refractivity contribution in [1.29, 1.82) is 0 Å². The Morgan fingerprint density at radius 3 is 2.68 bits per heavy atom. The van der Waals surface area contributed by atoms with Gasteiger partial charge < -0.3 is 5.32 Å². The van der Waals surface area contributed by atoms with Crippen molar-refractivity contribution in [3.63, 3.8) is 0 Å². The van der Waals surface area contributed by atoms with Crippen LogP contribution in [-0.2, 0) is 6.54 Å². The molecule has 0 unspecified atom stereocenters. The van der Waals surface area contributed by atoms with Crippen LogP contribution in [0.5, 0.6) is 0 Å². The van der Waals surface area contributed by atoms with Crippen molar-refractivity contribution in [1.82, 2.24) is 5.32 Å². The Hall–Kier alpha value is -1.19. The summed E-state index contributed by atoms with van der Waals surface area (Å²) in [6.45, 7) is 4.54. The van der Waals surface area contributed by atoms with E-state index in [9.17, 15) is 4.39 Å². The molecular formula is C16H17BrFN. The van der Waals surface area contributed by atoms with Gasteiger partial charge in [0.25, 0.3) is 0 Å². The normalized spacial score (nSPS) is 12.4. The van der Waals surface area contributed by atoms with Gasteiger partial charge in [0.05, 0.1) is 0 Å². The molecule has 100 valence electrons. The Morgan fingerprint density at radius 2 is 2.00 bits per heavy atom. The molecule has 1 atom stereocenters. The topological polar surface area (TPSA) is 12.0 Å². The van der Waals surface area contributed by atoms with Crippen molar-refractivity contribution in [2.75, 3.05) is 0 Å². The maximum atomic E-state index is 13.4. The molecule has 0 fully saturated rings. The minimum Gasteiger partial charge on any atom is -0.306 e. The Balaban J connectivity index is 2.00. The molecule has 0 radical (unpaired) electrons. The molecule has 2 aromatic rings. The summed E-state index contributed by atoms with van der Waals surface area (Å²) in [5.41, 5.74) is 2.86. The van der Waals surface area contributed by atoms with E-state index in [-0.39, 0.29) is 11.9 Å². The third-order valence-electron chi connectivity index (χ3n) is 3.20. The zero-order chi connectivity index (χ0) is 13.8. The number of rotatable bonds is 4. The molecule has 1 nitrogen and oxygen atoms in total. The van der Waals surface area contributed by atoms with Gasteiger partial charge in [-0.3, -0.25) is 0 Å². The first-order valence-electron chi connectivity index (χ1n) is 6.30. The highest BCUT2D eigenvalue weighted by Gasteiger charge is 2.06. The van der Waals surface area contributed by atoms with Crippen LogP contribution >= 0.6 is 15.9 Å². The van der Waals surface area contributed by atoms with Crippen LogP contribution in [0.15, 0.2) is 46.9 Å². The number of halogens is 2.